The van der Waals surface area contributed by atoms with Crippen LogP contribution in [0, 0.1) is 0 Å². The molecule has 0 fully saturated rings. The van der Waals surface area contributed by atoms with Crippen molar-refractivity contribution in [3.63, 3.8) is 0 Å². The van der Waals surface area contributed by atoms with Gasteiger partial charge < -0.3 is 9.68 Å². The highest BCUT2D eigenvalue weighted by molar-refractivity contribution is 6.61. The van der Waals surface area contributed by atoms with E-state index in [1.807, 2.05) is 0 Å². The maximum absolute atomic E-state index is 12.9. The molecule has 0 bridgehead atoms. The third kappa shape index (κ3) is 3.98. The number of alkyl halides is 6. The van der Waals surface area contributed by atoms with E-state index in [9.17, 15) is 31.4 Å². The Hall–Kier alpha value is -2.16. The van der Waals surface area contributed by atoms with Gasteiger partial charge in [0.25, 0.3) is 0 Å². The van der Waals surface area contributed by atoms with Gasteiger partial charge in [0, 0.05) is 5.46 Å². The fourth-order valence-electron chi connectivity index (χ4n) is 1.96. The third-order valence-corrected chi connectivity index (χ3v) is 2.96. The topological polar surface area (TPSA) is 29.5 Å². The molecule has 0 atom stereocenters. The Bertz CT molecular complexity index is 683. The highest BCUT2D eigenvalue weighted by atomic mass is 19.4. The first-order valence-electron chi connectivity index (χ1n) is 6.28. The van der Waals surface area contributed by atoms with E-state index >= 15 is 0 Å². The Morgan fingerprint density at radius 1 is 0.739 bits per heavy atom. The molecule has 0 spiro atoms. The Morgan fingerprint density at radius 3 is 1.78 bits per heavy atom. The first-order chi connectivity index (χ1) is 10.6. The first kappa shape index (κ1) is 17.2. The normalized spacial score (nSPS) is 12.1. The van der Waals surface area contributed by atoms with Crippen LogP contribution in [0.2, 0.25) is 0 Å². The van der Waals surface area contributed by atoms with Crippen molar-refractivity contribution in [2.24, 2.45) is 0 Å². The highest BCUT2D eigenvalue weighted by Crippen LogP contribution is 2.36. The van der Waals surface area contributed by atoms with Gasteiger partial charge in [0.1, 0.15) is 5.75 Å². The molecule has 0 saturated heterocycles. The molecular formula is C14H9BF6O2. The molecule has 0 aliphatic heterocycles. The Morgan fingerprint density at radius 2 is 1.22 bits per heavy atom. The van der Waals surface area contributed by atoms with Crippen LogP contribution in [0.25, 0.3) is 0 Å². The Kier molecular flexibility index (Phi) is 4.60. The zero-order chi connectivity index (χ0) is 17.3. The van der Waals surface area contributed by atoms with E-state index < -0.39 is 41.8 Å². The van der Waals surface area contributed by atoms with Crippen LogP contribution < -0.4 is 10.1 Å². The average molecular weight is 334 g/mol. The number of hydrogen-bond donors (Lipinski definition) is 1. The molecule has 0 aromatic heterocycles. The van der Waals surface area contributed by atoms with Crippen molar-refractivity contribution >= 4 is 12.6 Å². The predicted octanol–water partition coefficient (Wildman–Crippen LogP) is 3.49. The van der Waals surface area contributed by atoms with Gasteiger partial charge in [-0.25, -0.2) is 0 Å². The molecule has 122 valence electrons. The van der Waals surface area contributed by atoms with Crippen LogP contribution in [0.3, 0.4) is 0 Å². The summed E-state index contributed by atoms with van der Waals surface area (Å²) >= 11 is 0. The molecule has 0 saturated carbocycles. The first-order valence-corrected chi connectivity index (χ1v) is 6.28. The average Bonchev–Trinajstić information content (AvgIpc) is 2.46. The molecule has 9 heteroatoms. The Labute approximate surface area is 127 Å². The standard InChI is InChI=1S/C14H9BF6O2/c16-13(17,18)9-5-1-3-7-11(9)15(22)23-12-8-4-2-6-10(12)14(19,20)21/h1-8,22H. The van der Waals surface area contributed by atoms with Crippen molar-refractivity contribution < 1.29 is 36.0 Å². The van der Waals surface area contributed by atoms with Gasteiger partial charge in [-0.3, -0.25) is 0 Å². The molecule has 0 radical (unpaired) electrons. The van der Waals surface area contributed by atoms with Gasteiger partial charge in [-0.2, -0.15) is 26.3 Å². The van der Waals surface area contributed by atoms with Crippen molar-refractivity contribution in [2.75, 3.05) is 0 Å². The molecule has 0 aliphatic rings. The summed E-state index contributed by atoms with van der Waals surface area (Å²) in [7, 11) is -2.20. The van der Waals surface area contributed by atoms with Crippen LogP contribution >= 0.6 is 0 Å². The van der Waals surface area contributed by atoms with Gasteiger partial charge >= 0.3 is 19.5 Å². The van der Waals surface area contributed by atoms with Crippen molar-refractivity contribution in [3.8, 4) is 5.75 Å². The predicted molar refractivity (Wildman–Crippen MR) is 71.1 cm³/mol. The second kappa shape index (κ2) is 6.15. The summed E-state index contributed by atoms with van der Waals surface area (Å²) in [5.41, 5.74) is -3.04. The summed E-state index contributed by atoms with van der Waals surface area (Å²) in [4.78, 5) is 0. The minimum atomic E-state index is -4.77. The molecule has 1 N–H and O–H groups in total. The summed E-state index contributed by atoms with van der Waals surface area (Å²) < 4.78 is 81.8. The molecule has 2 nitrogen and oxygen atoms in total. The quantitative estimate of drug-likeness (QED) is 0.688. The maximum atomic E-state index is 12.9. The van der Waals surface area contributed by atoms with Crippen molar-refractivity contribution in [3.05, 3.63) is 59.7 Å². The zero-order valence-corrected chi connectivity index (χ0v) is 11.3. The molecular weight excluding hydrogens is 325 g/mol. The second-order valence-electron chi connectivity index (χ2n) is 4.55. The van der Waals surface area contributed by atoms with Gasteiger partial charge in [-0.05, 0) is 12.1 Å². The van der Waals surface area contributed by atoms with Gasteiger partial charge in [-0.1, -0.05) is 36.4 Å². The fraction of sp³-hybridized carbons (Fsp3) is 0.143. The number of para-hydroxylation sites is 1. The van der Waals surface area contributed by atoms with Gasteiger partial charge in [0.05, 0.1) is 11.1 Å². The fourth-order valence-corrected chi connectivity index (χ4v) is 1.96. The van der Waals surface area contributed by atoms with Gasteiger partial charge in [-0.15, -0.1) is 0 Å². The lowest BCUT2D eigenvalue weighted by Crippen LogP contribution is -2.41. The lowest BCUT2D eigenvalue weighted by molar-refractivity contribution is -0.139. The molecule has 0 amide bonds. The van der Waals surface area contributed by atoms with E-state index in [2.05, 4.69) is 0 Å². The van der Waals surface area contributed by atoms with E-state index in [1.54, 1.807) is 0 Å². The summed E-state index contributed by atoms with van der Waals surface area (Å²) in [6, 6.07) is 7.90. The monoisotopic (exact) mass is 334 g/mol. The van der Waals surface area contributed by atoms with Gasteiger partial charge in [0.2, 0.25) is 0 Å². The molecule has 2 aromatic carbocycles. The van der Waals surface area contributed by atoms with E-state index in [0.29, 0.717) is 12.1 Å². The van der Waals surface area contributed by atoms with E-state index in [1.165, 1.54) is 12.1 Å². The minimum absolute atomic E-state index is 0.669. The van der Waals surface area contributed by atoms with Gasteiger partial charge in [0.15, 0.2) is 0 Å². The Balaban J connectivity index is 2.37. The van der Waals surface area contributed by atoms with Crippen molar-refractivity contribution in [1.82, 2.24) is 0 Å². The van der Waals surface area contributed by atoms with Crippen molar-refractivity contribution in [1.29, 1.82) is 0 Å². The highest BCUT2D eigenvalue weighted by Gasteiger charge is 2.39. The number of rotatable bonds is 3. The third-order valence-electron chi connectivity index (χ3n) is 2.96. The van der Waals surface area contributed by atoms with Crippen LogP contribution in [0.15, 0.2) is 48.5 Å². The van der Waals surface area contributed by atoms with Crippen LogP contribution in [-0.4, -0.2) is 12.1 Å². The molecule has 2 rings (SSSR count). The summed E-state index contributed by atoms with van der Waals surface area (Å²) in [5.74, 6) is -0.760. The summed E-state index contributed by atoms with van der Waals surface area (Å²) in [6.07, 6.45) is -9.54. The molecule has 0 heterocycles. The van der Waals surface area contributed by atoms with Crippen LogP contribution in [0.4, 0.5) is 26.3 Å². The lowest BCUT2D eigenvalue weighted by Gasteiger charge is -2.18. The second-order valence-corrected chi connectivity index (χ2v) is 4.55. The molecule has 23 heavy (non-hydrogen) atoms. The largest absolute Gasteiger partial charge is 0.560 e. The van der Waals surface area contributed by atoms with E-state index in [0.717, 1.165) is 24.3 Å². The smallest absolute Gasteiger partial charge is 0.532 e. The number of benzene rings is 2. The summed E-state index contributed by atoms with van der Waals surface area (Å²) in [5, 5.41) is 9.82. The van der Waals surface area contributed by atoms with Crippen LogP contribution in [-0.2, 0) is 12.4 Å². The summed E-state index contributed by atoms with van der Waals surface area (Å²) in [6.45, 7) is 0. The molecule has 0 aliphatic carbocycles. The van der Waals surface area contributed by atoms with E-state index in [-0.39, 0.29) is 0 Å². The van der Waals surface area contributed by atoms with E-state index in [4.69, 9.17) is 4.65 Å². The minimum Gasteiger partial charge on any atom is -0.532 e. The molecule has 0 unspecified atom stereocenters. The lowest BCUT2D eigenvalue weighted by atomic mass is 9.76. The van der Waals surface area contributed by atoms with Crippen LogP contribution in [0.1, 0.15) is 11.1 Å². The van der Waals surface area contributed by atoms with Crippen molar-refractivity contribution in [2.45, 2.75) is 12.4 Å². The van der Waals surface area contributed by atoms with Crippen LogP contribution in [0.5, 0.6) is 5.75 Å². The number of halogens is 6. The zero-order valence-electron chi connectivity index (χ0n) is 11.3. The molecule has 2 aromatic rings. The number of hydrogen-bond acceptors (Lipinski definition) is 2. The maximum Gasteiger partial charge on any atom is 0.560 e. The SMILES string of the molecule is OB(Oc1ccccc1C(F)(F)F)c1ccccc1C(F)(F)F.